The molecule has 6 heteroatoms. The lowest BCUT2D eigenvalue weighted by atomic mass is 10.1. The van der Waals surface area contributed by atoms with Gasteiger partial charge in [-0.1, -0.05) is 30.3 Å². The Morgan fingerprint density at radius 1 is 1.00 bits per heavy atom. The predicted octanol–water partition coefficient (Wildman–Crippen LogP) is 2.63. The molecule has 27 heavy (non-hydrogen) atoms. The summed E-state index contributed by atoms with van der Waals surface area (Å²) >= 11 is 0. The third-order valence-corrected chi connectivity index (χ3v) is 7.23. The van der Waals surface area contributed by atoms with Crippen LogP contribution < -0.4 is 5.32 Å². The summed E-state index contributed by atoms with van der Waals surface area (Å²) in [6.45, 7) is 1.78. The molecule has 2 aliphatic rings. The molecule has 5 nitrogen and oxygen atoms in total. The summed E-state index contributed by atoms with van der Waals surface area (Å²) in [7, 11) is -3.43. The van der Waals surface area contributed by atoms with Crippen LogP contribution in [-0.2, 0) is 15.6 Å². The molecule has 0 aliphatic carbocycles. The molecule has 2 aromatic rings. The Hall–Kier alpha value is -2.18. The van der Waals surface area contributed by atoms with Crippen molar-refractivity contribution in [3.05, 3.63) is 65.7 Å². The molecule has 0 spiro atoms. The van der Waals surface area contributed by atoms with Gasteiger partial charge in [0, 0.05) is 24.2 Å². The SMILES string of the molecule is O=C(c1cccc(CS(=O)(=O)c2ccccc2)c1)N1C2CCNCC1CC2. The van der Waals surface area contributed by atoms with Crippen LogP contribution in [0.5, 0.6) is 0 Å². The maximum atomic E-state index is 13.1. The molecule has 0 aromatic heterocycles. The van der Waals surface area contributed by atoms with Crippen molar-refractivity contribution < 1.29 is 13.2 Å². The number of carbonyl (C=O) groups is 1. The van der Waals surface area contributed by atoms with Gasteiger partial charge < -0.3 is 10.2 Å². The smallest absolute Gasteiger partial charge is 0.254 e. The molecular formula is C21H24N2O3S. The lowest BCUT2D eigenvalue weighted by Crippen LogP contribution is -2.42. The zero-order valence-electron chi connectivity index (χ0n) is 15.2. The van der Waals surface area contributed by atoms with E-state index in [2.05, 4.69) is 5.32 Å². The van der Waals surface area contributed by atoms with E-state index >= 15 is 0 Å². The van der Waals surface area contributed by atoms with Crippen LogP contribution in [0.1, 0.15) is 35.2 Å². The molecule has 0 radical (unpaired) electrons. The zero-order chi connectivity index (χ0) is 18.9. The van der Waals surface area contributed by atoms with Crippen molar-refractivity contribution in [1.82, 2.24) is 10.2 Å². The van der Waals surface area contributed by atoms with Crippen molar-refractivity contribution >= 4 is 15.7 Å². The molecular weight excluding hydrogens is 360 g/mol. The van der Waals surface area contributed by atoms with Gasteiger partial charge in [0.05, 0.1) is 10.6 Å². The maximum absolute atomic E-state index is 13.1. The van der Waals surface area contributed by atoms with Crippen LogP contribution >= 0.6 is 0 Å². The van der Waals surface area contributed by atoms with E-state index in [1.165, 1.54) is 0 Å². The highest BCUT2D eigenvalue weighted by Crippen LogP contribution is 2.30. The lowest BCUT2D eigenvalue weighted by molar-refractivity contribution is 0.0680. The first-order chi connectivity index (χ1) is 13.0. The molecule has 4 rings (SSSR count). The van der Waals surface area contributed by atoms with E-state index in [0.29, 0.717) is 16.0 Å². The Bertz CT molecular complexity index is 913. The van der Waals surface area contributed by atoms with Crippen LogP contribution in [-0.4, -0.2) is 44.4 Å². The molecule has 142 valence electrons. The van der Waals surface area contributed by atoms with E-state index in [9.17, 15) is 13.2 Å². The molecule has 2 unspecified atom stereocenters. The van der Waals surface area contributed by atoms with E-state index in [1.54, 1.807) is 54.6 Å². The van der Waals surface area contributed by atoms with Gasteiger partial charge in [0.1, 0.15) is 0 Å². The summed E-state index contributed by atoms with van der Waals surface area (Å²) in [6.07, 6.45) is 3.07. The van der Waals surface area contributed by atoms with E-state index in [0.717, 1.165) is 32.4 Å². The molecule has 2 aliphatic heterocycles. The Balaban J connectivity index is 1.57. The average molecular weight is 385 g/mol. The minimum atomic E-state index is -3.43. The lowest BCUT2D eigenvalue weighted by Gasteiger charge is -2.28. The predicted molar refractivity (Wildman–Crippen MR) is 104 cm³/mol. The summed E-state index contributed by atoms with van der Waals surface area (Å²) in [5.74, 6) is -0.0860. The van der Waals surface area contributed by atoms with Gasteiger partial charge in [-0.3, -0.25) is 4.79 Å². The molecule has 2 fully saturated rings. The zero-order valence-corrected chi connectivity index (χ0v) is 16.0. The number of fused-ring (bicyclic) bond motifs is 2. The fourth-order valence-electron chi connectivity index (χ4n) is 4.19. The van der Waals surface area contributed by atoms with Gasteiger partial charge in [0.25, 0.3) is 5.91 Å². The first-order valence-corrected chi connectivity index (χ1v) is 11.1. The standard InChI is InChI=1S/C21H24N2O3S/c24-21(23-18-9-10-19(23)14-22-12-11-18)17-6-4-5-16(13-17)15-27(25,26)20-7-2-1-3-8-20/h1-8,13,18-19,22H,9-12,14-15H2. The number of hydrogen-bond donors (Lipinski definition) is 1. The third-order valence-electron chi connectivity index (χ3n) is 5.52. The maximum Gasteiger partial charge on any atom is 0.254 e. The average Bonchev–Trinajstić information content (AvgIpc) is 2.94. The summed E-state index contributed by atoms with van der Waals surface area (Å²) in [4.78, 5) is 15.5. The largest absolute Gasteiger partial charge is 0.331 e. The summed E-state index contributed by atoms with van der Waals surface area (Å²) in [6, 6.07) is 16.0. The molecule has 2 aromatic carbocycles. The first kappa shape index (κ1) is 18.2. The minimum Gasteiger partial charge on any atom is -0.331 e. The fraction of sp³-hybridized carbons (Fsp3) is 0.381. The van der Waals surface area contributed by atoms with Crippen LogP contribution in [0.3, 0.4) is 0 Å². The summed E-state index contributed by atoms with van der Waals surface area (Å²) < 4.78 is 25.3. The van der Waals surface area contributed by atoms with Crippen LogP contribution in [0, 0.1) is 0 Å². The van der Waals surface area contributed by atoms with E-state index in [1.807, 2.05) is 4.90 Å². The van der Waals surface area contributed by atoms with Gasteiger partial charge >= 0.3 is 0 Å². The third kappa shape index (κ3) is 3.77. The van der Waals surface area contributed by atoms with Crippen molar-refractivity contribution in [3.8, 4) is 0 Å². The second-order valence-electron chi connectivity index (χ2n) is 7.36. The van der Waals surface area contributed by atoms with Crippen LogP contribution in [0.25, 0.3) is 0 Å². The number of amides is 1. The normalized spacial score (nSPS) is 22.4. The van der Waals surface area contributed by atoms with Crippen molar-refractivity contribution in [3.63, 3.8) is 0 Å². The number of sulfone groups is 1. The molecule has 2 bridgehead atoms. The topological polar surface area (TPSA) is 66.5 Å². The Morgan fingerprint density at radius 3 is 2.59 bits per heavy atom. The second-order valence-corrected chi connectivity index (χ2v) is 9.35. The molecule has 2 atom stereocenters. The highest BCUT2D eigenvalue weighted by Gasteiger charge is 2.38. The molecule has 1 amide bonds. The Labute approximate surface area is 160 Å². The van der Waals surface area contributed by atoms with E-state index in [-0.39, 0.29) is 23.7 Å². The van der Waals surface area contributed by atoms with Gasteiger partial charge in [0.2, 0.25) is 0 Å². The number of carbonyl (C=O) groups excluding carboxylic acids is 1. The molecule has 2 saturated heterocycles. The highest BCUT2D eigenvalue weighted by atomic mass is 32.2. The first-order valence-electron chi connectivity index (χ1n) is 9.45. The van der Waals surface area contributed by atoms with Crippen LogP contribution in [0.2, 0.25) is 0 Å². The molecule has 0 saturated carbocycles. The molecule has 2 heterocycles. The summed E-state index contributed by atoms with van der Waals surface area (Å²) in [5.41, 5.74) is 1.22. The van der Waals surface area contributed by atoms with Crippen molar-refractivity contribution in [2.75, 3.05) is 13.1 Å². The van der Waals surface area contributed by atoms with Crippen molar-refractivity contribution in [1.29, 1.82) is 0 Å². The monoisotopic (exact) mass is 384 g/mol. The van der Waals surface area contributed by atoms with Gasteiger partial charge in [-0.05, 0) is 55.6 Å². The quantitative estimate of drug-likeness (QED) is 0.880. The van der Waals surface area contributed by atoms with Crippen LogP contribution in [0.15, 0.2) is 59.5 Å². The van der Waals surface area contributed by atoms with Gasteiger partial charge in [-0.25, -0.2) is 8.42 Å². The van der Waals surface area contributed by atoms with E-state index < -0.39 is 9.84 Å². The number of rotatable bonds is 4. The summed E-state index contributed by atoms with van der Waals surface area (Å²) in [5, 5.41) is 3.40. The van der Waals surface area contributed by atoms with Crippen LogP contribution in [0.4, 0.5) is 0 Å². The van der Waals surface area contributed by atoms with E-state index in [4.69, 9.17) is 0 Å². The molecule has 1 N–H and O–H groups in total. The van der Waals surface area contributed by atoms with Gasteiger partial charge in [-0.15, -0.1) is 0 Å². The van der Waals surface area contributed by atoms with Gasteiger partial charge in [-0.2, -0.15) is 0 Å². The fourth-order valence-corrected chi connectivity index (χ4v) is 5.54. The number of nitrogens with one attached hydrogen (secondary N) is 1. The Kier molecular flexibility index (Phi) is 5.02. The number of benzene rings is 2. The minimum absolute atomic E-state index is 0.0187. The van der Waals surface area contributed by atoms with Crippen molar-refractivity contribution in [2.45, 2.75) is 42.0 Å². The van der Waals surface area contributed by atoms with Crippen molar-refractivity contribution in [2.24, 2.45) is 0 Å². The van der Waals surface area contributed by atoms with Gasteiger partial charge in [0.15, 0.2) is 9.84 Å². The second kappa shape index (κ2) is 7.44. The number of hydrogen-bond acceptors (Lipinski definition) is 4. The number of nitrogens with zero attached hydrogens (tertiary/aromatic N) is 1. The highest BCUT2D eigenvalue weighted by molar-refractivity contribution is 7.90. The Morgan fingerprint density at radius 2 is 1.78 bits per heavy atom.